The van der Waals surface area contributed by atoms with Crippen LogP contribution in [0.25, 0.3) is 0 Å². The van der Waals surface area contributed by atoms with Gasteiger partial charge in [-0.1, -0.05) is 31.0 Å². The first-order chi connectivity index (χ1) is 13.0. The Morgan fingerprint density at radius 3 is 2.48 bits per heavy atom. The number of hydrogen-bond acceptors (Lipinski definition) is 3. The summed E-state index contributed by atoms with van der Waals surface area (Å²) in [5.41, 5.74) is 2.28. The number of nitrogens with one attached hydrogen (secondary N) is 1. The van der Waals surface area contributed by atoms with E-state index >= 15 is 0 Å². The summed E-state index contributed by atoms with van der Waals surface area (Å²) in [4.78, 5) is 41.1. The summed E-state index contributed by atoms with van der Waals surface area (Å²) >= 11 is 0. The van der Waals surface area contributed by atoms with Crippen molar-refractivity contribution in [2.75, 3.05) is 19.6 Å². The molecular formula is C21H27N3O3. The summed E-state index contributed by atoms with van der Waals surface area (Å²) in [7, 11) is 0. The van der Waals surface area contributed by atoms with Crippen LogP contribution in [-0.2, 0) is 28.0 Å². The molecule has 4 amide bonds. The lowest BCUT2D eigenvalue weighted by atomic mass is 9.89. The third kappa shape index (κ3) is 3.22. The Balaban J connectivity index is 1.52. The van der Waals surface area contributed by atoms with E-state index < -0.39 is 11.6 Å². The highest BCUT2D eigenvalue weighted by Crippen LogP contribution is 2.32. The second-order valence-corrected chi connectivity index (χ2v) is 8.08. The number of carbonyl (C=O) groups excluding carboxylic acids is 3. The van der Waals surface area contributed by atoms with Crippen LogP contribution in [0.5, 0.6) is 0 Å². The Morgan fingerprint density at radius 1 is 1.04 bits per heavy atom. The van der Waals surface area contributed by atoms with Crippen LogP contribution in [0.2, 0.25) is 0 Å². The number of fused-ring (bicyclic) bond motifs is 1. The zero-order valence-corrected chi connectivity index (χ0v) is 15.9. The van der Waals surface area contributed by atoms with E-state index in [1.165, 1.54) is 11.1 Å². The Labute approximate surface area is 159 Å². The highest BCUT2D eigenvalue weighted by atomic mass is 16.2. The van der Waals surface area contributed by atoms with Crippen molar-refractivity contribution in [1.82, 2.24) is 15.1 Å². The van der Waals surface area contributed by atoms with Crippen LogP contribution in [0.3, 0.4) is 0 Å². The molecule has 1 atom stereocenters. The van der Waals surface area contributed by atoms with Crippen LogP contribution in [0.15, 0.2) is 18.2 Å². The number of carbonyl (C=O) groups is 3. The second-order valence-electron chi connectivity index (χ2n) is 8.08. The lowest BCUT2D eigenvalue weighted by molar-refractivity contribution is -0.138. The van der Waals surface area contributed by atoms with Gasteiger partial charge in [0.2, 0.25) is 5.91 Å². The molecule has 0 spiro atoms. The van der Waals surface area contributed by atoms with Gasteiger partial charge in [-0.25, -0.2) is 4.79 Å². The van der Waals surface area contributed by atoms with E-state index in [1.807, 2.05) is 12.1 Å². The lowest BCUT2D eigenvalue weighted by Gasteiger charge is -2.25. The first kappa shape index (κ1) is 18.0. The average molecular weight is 369 g/mol. The third-order valence-electron chi connectivity index (χ3n) is 6.20. The van der Waals surface area contributed by atoms with Gasteiger partial charge in [-0.2, -0.15) is 0 Å². The van der Waals surface area contributed by atoms with E-state index in [2.05, 4.69) is 11.4 Å². The average Bonchev–Trinajstić information content (AvgIpc) is 3.07. The van der Waals surface area contributed by atoms with Crippen molar-refractivity contribution in [3.63, 3.8) is 0 Å². The van der Waals surface area contributed by atoms with Crippen molar-refractivity contribution < 1.29 is 14.4 Å². The predicted octanol–water partition coefficient (Wildman–Crippen LogP) is 2.34. The zero-order valence-electron chi connectivity index (χ0n) is 15.9. The molecule has 144 valence electrons. The largest absolute Gasteiger partial charge is 0.341 e. The maximum atomic E-state index is 13.1. The molecule has 3 aliphatic rings. The van der Waals surface area contributed by atoms with Gasteiger partial charge in [-0.05, 0) is 55.7 Å². The molecule has 6 heteroatoms. The van der Waals surface area contributed by atoms with Crippen molar-refractivity contribution in [1.29, 1.82) is 0 Å². The summed E-state index contributed by atoms with van der Waals surface area (Å²) in [6.45, 7) is 2.99. The molecule has 0 bridgehead atoms. The molecule has 1 aromatic carbocycles. The summed E-state index contributed by atoms with van der Waals surface area (Å²) in [6, 6.07) is 5.56. The number of hydrogen-bond donors (Lipinski definition) is 1. The van der Waals surface area contributed by atoms with Crippen molar-refractivity contribution in [3.8, 4) is 0 Å². The standard InChI is InChI=1S/C21H27N3O3/c1-21(17-10-9-15-7-6-8-16(15)13-17)19(26)24(20(27)22-21)14-18(25)23-11-4-2-3-5-12-23/h9-10,13H,2-8,11-12,14H2,1H3,(H,22,27)/t21-/m0/s1. The van der Waals surface area contributed by atoms with Gasteiger partial charge in [0, 0.05) is 13.1 Å². The Hall–Kier alpha value is -2.37. The monoisotopic (exact) mass is 369 g/mol. The molecule has 1 aromatic rings. The summed E-state index contributed by atoms with van der Waals surface area (Å²) in [6.07, 6.45) is 7.44. The summed E-state index contributed by atoms with van der Waals surface area (Å²) in [5.74, 6) is -0.479. The van der Waals surface area contributed by atoms with Crippen LogP contribution in [-0.4, -0.2) is 47.3 Å². The maximum absolute atomic E-state index is 13.1. The maximum Gasteiger partial charge on any atom is 0.325 e. The van der Waals surface area contributed by atoms with Gasteiger partial charge in [-0.15, -0.1) is 0 Å². The third-order valence-corrected chi connectivity index (χ3v) is 6.20. The fourth-order valence-corrected chi connectivity index (χ4v) is 4.47. The molecule has 27 heavy (non-hydrogen) atoms. The fraction of sp³-hybridized carbons (Fsp3) is 0.571. The first-order valence-corrected chi connectivity index (χ1v) is 10.0. The van der Waals surface area contributed by atoms with Crippen LogP contribution in [0, 0.1) is 0 Å². The molecule has 1 N–H and O–H groups in total. The van der Waals surface area contributed by atoms with Crippen LogP contribution in [0.1, 0.15) is 55.7 Å². The molecular weight excluding hydrogens is 342 g/mol. The minimum absolute atomic E-state index is 0.140. The summed E-state index contributed by atoms with van der Waals surface area (Å²) < 4.78 is 0. The Morgan fingerprint density at radius 2 is 1.74 bits per heavy atom. The number of likely N-dealkylation sites (tertiary alicyclic amines) is 1. The number of amides is 4. The Kier molecular flexibility index (Phi) is 4.66. The van der Waals surface area contributed by atoms with E-state index in [9.17, 15) is 14.4 Å². The smallest absolute Gasteiger partial charge is 0.325 e. The zero-order chi connectivity index (χ0) is 19.0. The van der Waals surface area contributed by atoms with Gasteiger partial charge in [-0.3, -0.25) is 14.5 Å². The van der Waals surface area contributed by atoms with Gasteiger partial charge in [0.15, 0.2) is 0 Å². The molecule has 6 nitrogen and oxygen atoms in total. The van der Waals surface area contributed by atoms with Crippen molar-refractivity contribution in [3.05, 3.63) is 34.9 Å². The minimum atomic E-state index is -1.10. The van der Waals surface area contributed by atoms with E-state index in [4.69, 9.17) is 0 Å². The topological polar surface area (TPSA) is 69.7 Å². The fourth-order valence-electron chi connectivity index (χ4n) is 4.47. The molecule has 2 aliphatic heterocycles. The second kappa shape index (κ2) is 6.98. The number of rotatable bonds is 3. The number of aryl methyl sites for hydroxylation is 2. The molecule has 0 saturated carbocycles. The van der Waals surface area contributed by atoms with Crippen LogP contribution < -0.4 is 5.32 Å². The van der Waals surface area contributed by atoms with E-state index in [1.54, 1.807) is 11.8 Å². The molecule has 0 aromatic heterocycles. The molecule has 1 aliphatic carbocycles. The molecule has 0 radical (unpaired) electrons. The number of urea groups is 1. The van der Waals surface area contributed by atoms with Crippen LogP contribution >= 0.6 is 0 Å². The van der Waals surface area contributed by atoms with Crippen molar-refractivity contribution in [2.24, 2.45) is 0 Å². The van der Waals surface area contributed by atoms with Crippen molar-refractivity contribution in [2.45, 2.75) is 57.4 Å². The molecule has 2 saturated heterocycles. The Bertz CT molecular complexity index is 783. The normalized spacial score (nSPS) is 25.4. The van der Waals surface area contributed by atoms with Gasteiger partial charge < -0.3 is 10.2 Å². The van der Waals surface area contributed by atoms with E-state index in [-0.39, 0.29) is 18.4 Å². The first-order valence-electron chi connectivity index (χ1n) is 10.0. The number of nitrogens with zero attached hydrogens (tertiary/aromatic N) is 2. The quantitative estimate of drug-likeness (QED) is 0.832. The SMILES string of the molecule is C[C@@]1(c2ccc3c(c2)CCC3)NC(=O)N(CC(=O)N2CCCCCC2)C1=O. The highest BCUT2D eigenvalue weighted by molar-refractivity contribution is 6.09. The minimum Gasteiger partial charge on any atom is -0.341 e. The molecule has 0 unspecified atom stereocenters. The van der Waals surface area contributed by atoms with Gasteiger partial charge >= 0.3 is 6.03 Å². The van der Waals surface area contributed by atoms with Crippen molar-refractivity contribution >= 4 is 17.8 Å². The molecule has 2 heterocycles. The van der Waals surface area contributed by atoms with Gasteiger partial charge in [0.05, 0.1) is 0 Å². The lowest BCUT2D eigenvalue weighted by Crippen LogP contribution is -2.44. The molecule has 2 fully saturated rings. The number of benzene rings is 1. The highest BCUT2D eigenvalue weighted by Gasteiger charge is 2.49. The number of imide groups is 1. The molecule has 4 rings (SSSR count). The van der Waals surface area contributed by atoms with E-state index in [0.29, 0.717) is 13.1 Å². The van der Waals surface area contributed by atoms with Gasteiger partial charge in [0.1, 0.15) is 12.1 Å². The van der Waals surface area contributed by atoms with Crippen LogP contribution in [0.4, 0.5) is 4.79 Å². The predicted molar refractivity (Wildman–Crippen MR) is 101 cm³/mol. The van der Waals surface area contributed by atoms with Gasteiger partial charge in [0.25, 0.3) is 5.91 Å². The van der Waals surface area contributed by atoms with E-state index in [0.717, 1.165) is 55.4 Å². The summed E-state index contributed by atoms with van der Waals surface area (Å²) in [5, 5.41) is 2.82.